The summed E-state index contributed by atoms with van der Waals surface area (Å²) in [6.07, 6.45) is 0.911. The number of hydrogen-bond acceptors (Lipinski definition) is 4. The monoisotopic (exact) mass is 283 g/mol. The third-order valence-electron chi connectivity index (χ3n) is 2.65. The Morgan fingerprint density at radius 3 is 2.65 bits per heavy atom. The number of rotatable bonds is 7. The fraction of sp³-hybridized carbons (Fsp3) is 0.500. The number of nitrogens with two attached hydrogens (primary N) is 2. The van der Waals surface area contributed by atoms with Gasteiger partial charge in [0.25, 0.3) is 0 Å². The van der Waals surface area contributed by atoms with Crippen molar-refractivity contribution in [2.45, 2.75) is 39.2 Å². The van der Waals surface area contributed by atoms with Crippen LogP contribution in [0.1, 0.15) is 33.6 Å². The summed E-state index contributed by atoms with van der Waals surface area (Å²) in [4.78, 5) is 11.0. The second-order valence-electron chi connectivity index (χ2n) is 5.37. The molecule has 20 heavy (non-hydrogen) atoms. The summed E-state index contributed by atoms with van der Waals surface area (Å²) >= 11 is 0. The first kappa shape index (κ1) is 16.1. The van der Waals surface area contributed by atoms with Crippen molar-refractivity contribution in [2.75, 3.05) is 17.7 Å². The first-order valence-corrected chi connectivity index (χ1v) is 6.53. The quantitative estimate of drug-likeness (QED) is 0.669. The highest BCUT2D eigenvalue weighted by Crippen LogP contribution is 2.31. The average molecular weight is 283 g/mol. The van der Waals surface area contributed by atoms with E-state index in [0.29, 0.717) is 12.3 Å². The molecular weight excluding hydrogens is 261 g/mol. The van der Waals surface area contributed by atoms with E-state index in [-0.39, 0.29) is 17.9 Å². The second kappa shape index (κ2) is 6.45. The molecule has 0 atom stereocenters. The molecule has 0 saturated carbocycles. The molecule has 0 heterocycles. The molecule has 0 bridgehead atoms. The van der Waals surface area contributed by atoms with Crippen LogP contribution in [0.4, 0.5) is 15.8 Å². The van der Waals surface area contributed by atoms with Crippen LogP contribution in [-0.4, -0.2) is 18.1 Å². The molecule has 5 N–H and O–H groups in total. The van der Waals surface area contributed by atoms with E-state index >= 15 is 0 Å². The fourth-order valence-corrected chi connectivity index (χ4v) is 1.84. The van der Waals surface area contributed by atoms with Gasteiger partial charge in [-0.15, -0.1) is 0 Å². The molecule has 0 fully saturated rings. The van der Waals surface area contributed by atoms with Gasteiger partial charge in [0.2, 0.25) is 5.91 Å². The summed E-state index contributed by atoms with van der Waals surface area (Å²) in [5, 5.41) is 3.09. The van der Waals surface area contributed by atoms with Crippen LogP contribution in [0.25, 0.3) is 0 Å². The van der Waals surface area contributed by atoms with Crippen molar-refractivity contribution < 1.29 is 13.9 Å². The van der Waals surface area contributed by atoms with Crippen molar-refractivity contribution in [3.8, 4) is 5.75 Å². The minimum atomic E-state index is -0.584. The minimum absolute atomic E-state index is 0.134. The summed E-state index contributed by atoms with van der Waals surface area (Å²) in [7, 11) is 0. The Labute approximate surface area is 118 Å². The number of benzene rings is 1. The molecule has 0 radical (unpaired) electrons. The van der Waals surface area contributed by atoms with Gasteiger partial charge in [0.05, 0.1) is 18.0 Å². The van der Waals surface area contributed by atoms with Crippen molar-refractivity contribution in [1.82, 2.24) is 0 Å². The molecule has 1 aromatic rings. The topological polar surface area (TPSA) is 90.4 Å². The molecule has 0 aromatic heterocycles. The van der Waals surface area contributed by atoms with Gasteiger partial charge in [-0.1, -0.05) is 6.92 Å². The summed E-state index contributed by atoms with van der Waals surface area (Å²) in [5.41, 5.74) is 11.2. The van der Waals surface area contributed by atoms with Crippen molar-refractivity contribution in [3.63, 3.8) is 0 Å². The minimum Gasteiger partial charge on any atom is -0.490 e. The maximum Gasteiger partial charge on any atom is 0.219 e. The van der Waals surface area contributed by atoms with Crippen molar-refractivity contribution in [2.24, 2.45) is 5.73 Å². The van der Waals surface area contributed by atoms with Crippen molar-refractivity contribution in [1.29, 1.82) is 0 Å². The van der Waals surface area contributed by atoms with Gasteiger partial charge >= 0.3 is 0 Å². The van der Waals surface area contributed by atoms with Gasteiger partial charge in [0, 0.05) is 24.1 Å². The molecule has 6 heteroatoms. The maximum absolute atomic E-state index is 13.7. The fourth-order valence-electron chi connectivity index (χ4n) is 1.84. The number of nitrogen functional groups attached to an aromatic ring is 1. The highest BCUT2D eigenvalue weighted by atomic mass is 19.1. The Morgan fingerprint density at radius 2 is 2.10 bits per heavy atom. The molecule has 0 spiro atoms. The SMILES string of the molecule is CCCOc1cc(NC(C)(C)CC(N)=O)c(N)cc1F. The average Bonchev–Trinajstić information content (AvgIpc) is 2.29. The molecule has 0 unspecified atom stereocenters. The first-order valence-electron chi connectivity index (χ1n) is 6.53. The number of anilines is 2. The van der Waals surface area contributed by atoms with E-state index < -0.39 is 17.3 Å². The lowest BCUT2D eigenvalue weighted by Crippen LogP contribution is -2.36. The predicted octanol–water partition coefficient (Wildman–Crippen LogP) is 2.26. The van der Waals surface area contributed by atoms with Crippen LogP contribution in [0.5, 0.6) is 5.75 Å². The summed E-state index contributed by atoms with van der Waals surface area (Å²) in [6, 6.07) is 2.71. The Morgan fingerprint density at radius 1 is 1.45 bits per heavy atom. The Balaban J connectivity index is 2.96. The van der Waals surface area contributed by atoms with E-state index in [1.807, 2.05) is 20.8 Å². The number of carbonyl (C=O) groups is 1. The molecule has 1 aromatic carbocycles. The van der Waals surface area contributed by atoms with Gasteiger partial charge in [0.1, 0.15) is 0 Å². The molecule has 0 aliphatic heterocycles. The number of amides is 1. The van der Waals surface area contributed by atoms with E-state index in [9.17, 15) is 9.18 Å². The van der Waals surface area contributed by atoms with Crippen LogP contribution in [-0.2, 0) is 4.79 Å². The van der Waals surface area contributed by atoms with Gasteiger partial charge < -0.3 is 21.5 Å². The first-order chi connectivity index (χ1) is 9.25. The maximum atomic E-state index is 13.7. The third-order valence-corrected chi connectivity index (χ3v) is 2.65. The zero-order valence-electron chi connectivity index (χ0n) is 12.1. The lowest BCUT2D eigenvalue weighted by molar-refractivity contribution is -0.118. The number of hydrogen-bond donors (Lipinski definition) is 3. The van der Waals surface area contributed by atoms with E-state index in [0.717, 1.165) is 6.42 Å². The van der Waals surface area contributed by atoms with Gasteiger partial charge in [-0.2, -0.15) is 0 Å². The smallest absolute Gasteiger partial charge is 0.219 e. The Bertz CT molecular complexity index is 490. The number of halogens is 1. The van der Waals surface area contributed by atoms with Crippen LogP contribution >= 0.6 is 0 Å². The number of primary amides is 1. The lowest BCUT2D eigenvalue weighted by atomic mass is 9.99. The molecule has 0 aliphatic carbocycles. The largest absolute Gasteiger partial charge is 0.490 e. The summed E-state index contributed by atoms with van der Waals surface area (Å²) < 4.78 is 19.0. The van der Waals surface area contributed by atoms with E-state index in [4.69, 9.17) is 16.2 Å². The molecule has 1 amide bonds. The Hall–Kier alpha value is -1.98. The van der Waals surface area contributed by atoms with E-state index in [1.165, 1.54) is 12.1 Å². The van der Waals surface area contributed by atoms with E-state index in [1.54, 1.807) is 0 Å². The van der Waals surface area contributed by atoms with Gasteiger partial charge in [-0.05, 0) is 20.3 Å². The third kappa shape index (κ3) is 4.60. The van der Waals surface area contributed by atoms with Crippen LogP contribution in [0.3, 0.4) is 0 Å². The van der Waals surface area contributed by atoms with Crippen molar-refractivity contribution >= 4 is 17.3 Å². The van der Waals surface area contributed by atoms with Crippen LogP contribution in [0.2, 0.25) is 0 Å². The molecule has 1 rings (SSSR count). The molecule has 5 nitrogen and oxygen atoms in total. The number of nitrogens with one attached hydrogen (secondary N) is 1. The van der Waals surface area contributed by atoms with Gasteiger partial charge in [0.15, 0.2) is 11.6 Å². The number of ether oxygens (including phenoxy) is 1. The van der Waals surface area contributed by atoms with Crippen LogP contribution in [0, 0.1) is 5.82 Å². The molecule has 0 aliphatic rings. The second-order valence-corrected chi connectivity index (χ2v) is 5.37. The normalized spacial score (nSPS) is 11.2. The zero-order valence-corrected chi connectivity index (χ0v) is 12.1. The van der Waals surface area contributed by atoms with Gasteiger partial charge in [-0.25, -0.2) is 4.39 Å². The molecular formula is C14H22FN3O2. The van der Waals surface area contributed by atoms with Gasteiger partial charge in [-0.3, -0.25) is 4.79 Å². The zero-order chi connectivity index (χ0) is 15.3. The summed E-state index contributed by atoms with van der Waals surface area (Å²) in [5.74, 6) is -0.793. The highest BCUT2D eigenvalue weighted by molar-refractivity contribution is 5.77. The number of carbonyl (C=O) groups excluding carboxylic acids is 1. The van der Waals surface area contributed by atoms with Crippen molar-refractivity contribution in [3.05, 3.63) is 17.9 Å². The molecule has 112 valence electrons. The van der Waals surface area contributed by atoms with Crippen LogP contribution < -0.4 is 21.5 Å². The standard InChI is InChI=1S/C14H22FN3O2/c1-4-5-20-12-7-11(10(16)6-9(12)15)18-14(2,3)8-13(17)19/h6-7,18H,4-5,8,16H2,1-3H3,(H2,17,19). The highest BCUT2D eigenvalue weighted by Gasteiger charge is 2.22. The van der Waals surface area contributed by atoms with E-state index in [2.05, 4.69) is 5.32 Å². The van der Waals surface area contributed by atoms with Crippen LogP contribution in [0.15, 0.2) is 12.1 Å². The predicted molar refractivity (Wildman–Crippen MR) is 78.1 cm³/mol. The lowest BCUT2D eigenvalue weighted by Gasteiger charge is -2.27. The molecule has 0 saturated heterocycles. The Kier molecular flexibility index (Phi) is 5.19. The summed E-state index contributed by atoms with van der Waals surface area (Å²) in [6.45, 7) is 5.98.